The van der Waals surface area contributed by atoms with E-state index in [-0.39, 0.29) is 17.0 Å². The highest BCUT2D eigenvalue weighted by Crippen LogP contribution is 2.24. The van der Waals surface area contributed by atoms with Crippen molar-refractivity contribution in [2.24, 2.45) is 5.73 Å². The number of unbranched alkanes of at least 4 members (excludes halogenated alkanes) is 1. The van der Waals surface area contributed by atoms with Gasteiger partial charge in [-0.1, -0.05) is 13.3 Å². The summed E-state index contributed by atoms with van der Waals surface area (Å²) in [6.45, 7) is 2.40. The molecule has 0 spiro atoms. The Morgan fingerprint density at radius 3 is 2.75 bits per heavy atom. The first-order chi connectivity index (χ1) is 7.56. The number of hydrogen-bond acceptors (Lipinski definition) is 3. The maximum Gasteiger partial charge on any atom is 0.250 e. The van der Waals surface area contributed by atoms with Gasteiger partial charge in [0.05, 0.1) is 12.2 Å². The second-order valence-corrected chi connectivity index (χ2v) is 3.44. The molecular formula is C11H15FN2O2. The van der Waals surface area contributed by atoms with E-state index in [1.54, 1.807) is 0 Å². The molecule has 0 saturated heterocycles. The second kappa shape index (κ2) is 5.34. The van der Waals surface area contributed by atoms with Gasteiger partial charge in [-0.25, -0.2) is 4.39 Å². The zero-order valence-electron chi connectivity index (χ0n) is 9.13. The minimum Gasteiger partial charge on any atom is -0.490 e. The number of amides is 1. The summed E-state index contributed by atoms with van der Waals surface area (Å²) in [5, 5.41) is 0. The van der Waals surface area contributed by atoms with Crippen molar-refractivity contribution in [1.82, 2.24) is 0 Å². The Morgan fingerprint density at radius 1 is 1.50 bits per heavy atom. The molecular weight excluding hydrogens is 211 g/mol. The van der Waals surface area contributed by atoms with Crippen LogP contribution in [0.25, 0.3) is 0 Å². The van der Waals surface area contributed by atoms with Crippen LogP contribution in [-0.2, 0) is 0 Å². The van der Waals surface area contributed by atoms with E-state index in [1.807, 2.05) is 6.92 Å². The second-order valence-electron chi connectivity index (χ2n) is 3.44. The van der Waals surface area contributed by atoms with Crippen molar-refractivity contribution in [1.29, 1.82) is 0 Å². The first-order valence-electron chi connectivity index (χ1n) is 5.08. The zero-order valence-corrected chi connectivity index (χ0v) is 9.13. The highest BCUT2D eigenvalue weighted by Gasteiger charge is 2.12. The number of nitrogens with two attached hydrogens (primary N) is 2. The molecule has 5 heteroatoms. The molecule has 0 fully saturated rings. The van der Waals surface area contributed by atoms with Gasteiger partial charge in [0.15, 0.2) is 11.6 Å². The van der Waals surface area contributed by atoms with Gasteiger partial charge in [-0.15, -0.1) is 0 Å². The van der Waals surface area contributed by atoms with Crippen LogP contribution in [0.1, 0.15) is 30.1 Å². The topological polar surface area (TPSA) is 78.3 Å². The molecule has 0 saturated carbocycles. The van der Waals surface area contributed by atoms with E-state index in [2.05, 4.69) is 0 Å². The molecule has 0 aliphatic carbocycles. The third-order valence-electron chi connectivity index (χ3n) is 2.12. The number of carbonyl (C=O) groups is 1. The van der Waals surface area contributed by atoms with Crippen LogP contribution in [0.5, 0.6) is 5.75 Å². The number of halogens is 1. The molecule has 1 rings (SSSR count). The highest BCUT2D eigenvalue weighted by atomic mass is 19.1. The number of ether oxygens (including phenoxy) is 1. The molecule has 0 aromatic heterocycles. The zero-order chi connectivity index (χ0) is 12.1. The fourth-order valence-electron chi connectivity index (χ4n) is 1.22. The van der Waals surface area contributed by atoms with Gasteiger partial charge >= 0.3 is 0 Å². The highest BCUT2D eigenvalue weighted by molar-refractivity contribution is 5.98. The van der Waals surface area contributed by atoms with Crippen molar-refractivity contribution in [2.75, 3.05) is 12.3 Å². The summed E-state index contributed by atoms with van der Waals surface area (Å²) < 4.78 is 18.5. The molecule has 4 nitrogen and oxygen atoms in total. The Labute approximate surface area is 93.4 Å². The van der Waals surface area contributed by atoms with E-state index >= 15 is 0 Å². The summed E-state index contributed by atoms with van der Waals surface area (Å²) in [5.74, 6) is -1.27. The van der Waals surface area contributed by atoms with Gasteiger partial charge in [0, 0.05) is 11.8 Å². The normalized spacial score (nSPS) is 10.1. The van der Waals surface area contributed by atoms with Crippen LogP contribution in [0.2, 0.25) is 0 Å². The Hall–Kier alpha value is -1.78. The number of hydrogen-bond donors (Lipinski definition) is 2. The van der Waals surface area contributed by atoms with Crippen LogP contribution in [0.15, 0.2) is 12.1 Å². The monoisotopic (exact) mass is 226 g/mol. The molecule has 0 atom stereocenters. The fourth-order valence-corrected chi connectivity index (χ4v) is 1.22. The van der Waals surface area contributed by atoms with Gasteiger partial charge in [-0.2, -0.15) is 0 Å². The van der Waals surface area contributed by atoms with Gasteiger partial charge in [0.2, 0.25) is 0 Å². The van der Waals surface area contributed by atoms with Crippen molar-refractivity contribution < 1.29 is 13.9 Å². The Balaban J connectivity index is 2.91. The molecule has 4 N–H and O–H groups in total. The minimum absolute atomic E-state index is 0.0106. The molecule has 1 amide bonds. The predicted molar refractivity (Wildman–Crippen MR) is 59.7 cm³/mol. The summed E-state index contributed by atoms with van der Waals surface area (Å²) in [4.78, 5) is 11.0. The van der Waals surface area contributed by atoms with E-state index in [0.29, 0.717) is 6.61 Å². The van der Waals surface area contributed by atoms with Crippen LogP contribution in [0.4, 0.5) is 10.1 Å². The number of benzene rings is 1. The molecule has 88 valence electrons. The Bertz CT molecular complexity index is 394. The molecule has 0 heterocycles. The van der Waals surface area contributed by atoms with Crippen molar-refractivity contribution in [2.45, 2.75) is 19.8 Å². The van der Waals surface area contributed by atoms with Crippen LogP contribution in [-0.4, -0.2) is 12.5 Å². The van der Waals surface area contributed by atoms with Gasteiger partial charge in [0.25, 0.3) is 5.91 Å². The van der Waals surface area contributed by atoms with Crippen LogP contribution in [0.3, 0.4) is 0 Å². The van der Waals surface area contributed by atoms with Crippen LogP contribution < -0.4 is 16.2 Å². The summed E-state index contributed by atoms with van der Waals surface area (Å²) in [7, 11) is 0. The standard InChI is InChI=1S/C11H15FN2O2/c1-2-3-4-16-10-5-7(11(14)15)9(13)6-8(10)12/h5-6H,2-4,13H2,1H3,(H2,14,15). The lowest BCUT2D eigenvalue weighted by molar-refractivity contribution is 0.100. The molecule has 1 aromatic rings. The number of carbonyl (C=O) groups excluding carboxylic acids is 1. The Morgan fingerprint density at radius 2 is 2.19 bits per heavy atom. The van der Waals surface area contributed by atoms with Crippen molar-refractivity contribution in [3.8, 4) is 5.75 Å². The lowest BCUT2D eigenvalue weighted by atomic mass is 10.1. The molecule has 0 aliphatic heterocycles. The van der Waals surface area contributed by atoms with Crippen molar-refractivity contribution >= 4 is 11.6 Å². The van der Waals surface area contributed by atoms with Crippen molar-refractivity contribution in [3.63, 3.8) is 0 Å². The SMILES string of the molecule is CCCCOc1cc(C(N)=O)c(N)cc1F. The molecule has 0 unspecified atom stereocenters. The maximum absolute atomic E-state index is 13.4. The van der Waals surface area contributed by atoms with E-state index in [1.165, 1.54) is 6.07 Å². The predicted octanol–water partition coefficient (Wildman–Crippen LogP) is 1.69. The number of primary amides is 1. The maximum atomic E-state index is 13.4. The molecule has 0 bridgehead atoms. The molecule has 1 aromatic carbocycles. The third-order valence-corrected chi connectivity index (χ3v) is 2.12. The van der Waals surface area contributed by atoms with Gasteiger partial charge in [-0.05, 0) is 12.5 Å². The average Bonchev–Trinajstić information content (AvgIpc) is 2.21. The van der Waals surface area contributed by atoms with Crippen LogP contribution >= 0.6 is 0 Å². The minimum atomic E-state index is -0.696. The van der Waals surface area contributed by atoms with E-state index in [4.69, 9.17) is 16.2 Å². The Kier molecular flexibility index (Phi) is 4.10. The van der Waals surface area contributed by atoms with E-state index in [9.17, 15) is 9.18 Å². The molecule has 16 heavy (non-hydrogen) atoms. The number of rotatable bonds is 5. The van der Waals surface area contributed by atoms with Gasteiger partial charge in [-0.3, -0.25) is 4.79 Å². The average molecular weight is 226 g/mol. The quantitative estimate of drug-likeness (QED) is 0.592. The first-order valence-corrected chi connectivity index (χ1v) is 5.08. The van der Waals surface area contributed by atoms with E-state index in [0.717, 1.165) is 18.9 Å². The van der Waals surface area contributed by atoms with E-state index < -0.39 is 11.7 Å². The molecule has 0 aliphatic rings. The smallest absolute Gasteiger partial charge is 0.250 e. The van der Waals surface area contributed by atoms with Gasteiger partial charge in [0.1, 0.15) is 0 Å². The summed E-state index contributed by atoms with van der Waals surface area (Å²) >= 11 is 0. The van der Waals surface area contributed by atoms with Gasteiger partial charge < -0.3 is 16.2 Å². The largest absolute Gasteiger partial charge is 0.490 e. The third kappa shape index (κ3) is 2.85. The fraction of sp³-hybridized carbons (Fsp3) is 0.364. The summed E-state index contributed by atoms with van der Waals surface area (Å²) in [6, 6.07) is 2.28. The first kappa shape index (κ1) is 12.3. The number of anilines is 1. The molecule has 0 radical (unpaired) electrons. The number of nitrogen functional groups attached to an aromatic ring is 1. The lowest BCUT2D eigenvalue weighted by Crippen LogP contribution is -2.14. The van der Waals surface area contributed by atoms with Crippen LogP contribution in [0, 0.1) is 5.82 Å². The van der Waals surface area contributed by atoms with Crippen molar-refractivity contribution in [3.05, 3.63) is 23.5 Å². The summed E-state index contributed by atoms with van der Waals surface area (Å²) in [5.41, 5.74) is 10.6. The summed E-state index contributed by atoms with van der Waals surface area (Å²) in [6.07, 6.45) is 1.76. The lowest BCUT2D eigenvalue weighted by Gasteiger charge is -2.09.